The lowest BCUT2D eigenvalue weighted by atomic mass is 10.1. The van der Waals surface area contributed by atoms with E-state index in [-0.39, 0.29) is 0 Å². The quantitative estimate of drug-likeness (QED) is 0.800. The second-order valence-electron chi connectivity index (χ2n) is 3.51. The summed E-state index contributed by atoms with van der Waals surface area (Å²) in [5, 5.41) is 13.2. The van der Waals surface area contributed by atoms with E-state index in [1.165, 1.54) is 0 Å². The van der Waals surface area contributed by atoms with Gasteiger partial charge in [0, 0.05) is 5.69 Å². The van der Waals surface area contributed by atoms with Crippen LogP contribution in [0, 0.1) is 13.8 Å². The van der Waals surface area contributed by atoms with Gasteiger partial charge < -0.3 is 5.11 Å². The molecule has 0 radical (unpaired) electrons. The predicted molar refractivity (Wildman–Crippen MR) is 53.3 cm³/mol. The van der Waals surface area contributed by atoms with Crippen LogP contribution in [0.5, 0.6) is 0 Å². The van der Waals surface area contributed by atoms with E-state index in [4.69, 9.17) is 5.11 Å². The molecule has 0 bridgehead atoms. The molecule has 0 saturated heterocycles. The van der Waals surface area contributed by atoms with Crippen molar-refractivity contribution in [2.45, 2.75) is 39.7 Å². The number of hydrogen-bond donors (Lipinski definition) is 1. The summed E-state index contributed by atoms with van der Waals surface area (Å²) in [5.74, 6) is -0.807. The Morgan fingerprint density at radius 3 is 2.64 bits per heavy atom. The molecule has 14 heavy (non-hydrogen) atoms. The van der Waals surface area contributed by atoms with Crippen LogP contribution in [0.25, 0.3) is 0 Å². The Bertz CT molecular complexity index is 331. The molecule has 0 saturated carbocycles. The summed E-state index contributed by atoms with van der Waals surface area (Å²) >= 11 is 0. The number of carboxylic acids is 1. The minimum Gasteiger partial charge on any atom is -0.480 e. The normalized spacial score (nSPS) is 12.8. The molecule has 0 aliphatic carbocycles. The molecule has 1 aromatic rings. The third-order valence-electron chi connectivity index (χ3n) is 2.19. The Morgan fingerprint density at radius 2 is 2.29 bits per heavy atom. The Hall–Kier alpha value is -1.32. The fourth-order valence-corrected chi connectivity index (χ4v) is 1.59. The molecule has 0 aliphatic heterocycles. The van der Waals surface area contributed by atoms with Crippen molar-refractivity contribution >= 4 is 5.97 Å². The summed E-state index contributed by atoms with van der Waals surface area (Å²) in [6, 6.07) is 1.37. The van der Waals surface area contributed by atoms with E-state index in [1.807, 2.05) is 26.8 Å². The first kappa shape index (κ1) is 10.8. The van der Waals surface area contributed by atoms with Crippen molar-refractivity contribution < 1.29 is 9.90 Å². The average Bonchev–Trinajstić information content (AvgIpc) is 2.40. The van der Waals surface area contributed by atoms with Crippen molar-refractivity contribution in [3.05, 3.63) is 17.5 Å². The van der Waals surface area contributed by atoms with E-state index in [0.717, 1.165) is 17.8 Å². The van der Waals surface area contributed by atoms with Crippen LogP contribution in [-0.4, -0.2) is 20.9 Å². The Morgan fingerprint density at radius 1 is 1.64 bits per heavy atom. The fraction of sp³-hybridized carbons (Fsp3) is 0.600. The van der Waals surface area contributed by atoms with Crippen molar-refractivity contribution in [3.63, 3.8) is 0 Å². The lowest BCUT2D eigenvalue weighted by Gasteiger charge is -2.13. The van der Waals surface area contributed by atoms with Crippen LogP contribution >= 0.6 is 0 Å². The Kier molecular flexibility index (Phi) is 3.28. The largest absolute Gasteiger partial charge is 0.480 e. The van der Waals surface area contributed by atoms with Gasteiger partial charge in [0.25, 0.3) is 0 Å². The number of carbonyl (C=O) groups is 1. The van der Waals surface area contributed by atoms with E-state index in [2.05, 4.69) is 5.10 Å². The second-order valence-corrected chi connectivity index (χ2v) is 3.51. The molecule has 1 rings (SSSR count). The minimum absolute atomic E-state index is 0.520. The van der Waals surface area contributed by atoms with Gasteiger partial charge >= 0.3 is 5.97 Å². The van der Waals surface area contributed by atoms with Gasteiger partial charge in [-0.3, -0.25) is 4.68 Å². The van der Waals surface area contributed by atoms with Crippen LogP contribution in [0.1, 0.15) is 37.2 Å². The van der Waals surface area contributed by atoms with Gasteiger partial charge in [-0.15, -0.1) is 0 Å². The maximum Gasteiger partial charge on any atom is 0.328 e. The predicted octanol–water partition coefficient (Wildman–Crippen LogP) is 1.93. The van der Waals surface area contributed by atoms with Gasteiger partial charge in [0.05, 0.1) is 5.69 Å². The van der Waals surface area contributed by atoms with Gasteiger partial charge in [-0.25, -0.2) is 4.79 Å². The molecule has 4 nitrogen and oxygen atoms in total. The van der Waals surface area contributed by atoms with E-state index >= 15 is 0 Å². The number of aliphatic carboxylic acids is 1. The van der Waals surface area contributed by atoms with Crippen molar-refractivity contribution in [1.82, 2.24) is 9.78 Å². The van der Waals surface area contributed by atoms with E-state index in [1.54, 1.807) is 4.68 Å². The first-order valence-electron chi connectivity index (χ1n) is 4.81. The first-order chi connectivity index (χ1) is 6.56. The van der Waals surface area contributed by atoms with Gasteiger partial charge in [0.1, 0.15) is 6.04 Å². The standard InChI is InChI=1S/C10H16N2O2/c1-4-5-9(10(13)14)12-8(3)6-7(2)11-12/h6,9H,4-5H2,1-3H3,(H,13,14)/t9-/m0/s1. The number of carboxylic acid groups (broad SMARTS) is 1. The highest BCUT2D eigenvalue weighted by Crippen LogP contribution is 2.16. The summed E-state index contributed by atoms with van der Waals surface area (Å²) in [6.45, 7) is 5.72. The molecule has 1 aromatic heterocycles. The van der Waals surface area contributed by atoms with Crippen LogP contribution in [0.3, 0.4) is 0 Å². The zero-order chi connectivity index (χ0) is 10.7. The molecule has 78 valence electrons. The third kappa shape index (κ3) is 2.13. The maximum absolute atomic E-state index is 11.0. The van der Waals surface area contributed by atoms with E-state index in [9.17, 15) is 4.79 Å². The fourth-order valence-electron chi connectivity index (χ4n) is 1.59. The van der Waals surface area contributed by atoms with Gasteiger partial charge in [0.2, 0.25) is 0 Å². The monoisotopic (exact) mass is 196 g/mol. The number of nitrogens with zero attached hydrogens (tertiary/aromatic N) is 2. The number of hydrogen-bond acceptors (Lipinski definition) is 2. The molecular weight excluding hydrogens is 180 g/mol. The summed E-state index contributed by atoms with van der Waals surface area (Å²) < 4.78 is 1.60. The second kappa shape index (κ2) is 4.26. The van der Waals surface area contributed by atoms with Crippen LogP contribution in [0.2, 0.25) is 0 Å². The molecule has 1 N–H and O–H groups in total. The maximum atomic E-state index is 11.0. The SMILES string of the molecule is CCC[C@@H](C(=O)O)n1nc(C)cc1C. The van der Waals surface area contributed by atoms with Crippen LogP contribution in [-0.2, 0) is 4.79 Å². The minimum atomic E-state index is -0.807. The van der Waals surface area contributed by atoms with Crippen molar-refractivity contribution in [3.8, 4) is 0 Å². The molecule has 1 atom stereocenters. The molecule has 0 aromatic carbocycles. The lowest BCUT2D eigenvalue weighted by molar-refractivity contribution is -0.141. The molecule has 1 heterocycles. The first-order valence-corrected chi connectivity index (χ1v) is 4.81. The van der Waals surface area contributed by atoms with Gasteiger partial charge in [0.15, 0.2) is 0 Å². The summed E-state index contributed by atoms with van der Waals surface area (Å²) in [5.41, 5.74) is 1.77. The molecular formula is C10H16N2O2. The summed E-state index contributed by atoms with van der Waals surface area (Å²) in [7, 11) is 0. The van der Waals surface area contributed by atoms with Crippen molar-refractivity contribution in [2.75, 3.05) is 0 Å². The zero-order valence-corrected chi connectivity index (χ0v) is 8.82. The highest BCUT2D eigenvalue weighted by Gasteiger charge is 2.20. The van der Waals surface area contributed by atoms with E-state index < -0.39 is 12.0 Å². The van der Waals surface area contributed by atoms with Gasteiger partial charge in [-0.2, -0.15) is 5.10 Å². The van der Waals surface area contributed by atoms with Crippen molar-refractivity contribution in [1.29, 1.82) is 0 Å². The Balaban J connectivity index is 2.98. The van der Waals surface area contributed by atoms with E-state index in [0.29, 0.717) is 6.42 Å². The van der Waals surface area contributed by atoms with Crippen LogP contribution in [0.15, 0.2) is 6.07 Å². The molecule has 0 amide bonds. The lowest BCUT2D eigenvalue weighted by Crippen LogP contribution is -2.21. The average molecular weight is 196 g/mol. The topological polar surface area (TPSA) is 55.1 Å². The van der Waals surface area contributed by atoms with Crippen LogP contribution < -0.4 is 0 Å². The number of rotatable bonds is 4. The highest BCUT2D eigenvalue weighted by molar-refractivity contribution is 5.71. The molecule has 0 spiro atoms. The highest BCUT2D eigenvalue weighted by atomic mass is 16.4. The van der Waals surface area contributed by atoms with Crippen LogP contribution in [0.4, 0.5) is 0 Å². The third-order valence-corrected chi connectivity index (χ3v) is 2.19. The van der Waals surface area contributed by atoms with Crippen molar-refractivity contribution in [2.24, 2.45) is 0 Å². The summed E-state index contributed by atoms with van der Waals surface area (Å²) in [4.78, 5) is 11.0. The summed E-state index contributed by atoms with van der Waals surface area (Å²) in [6.07, 6.45) is 1.46. The molecule has 0 fully saturated rings. The van der Waals surface area contributed by atoms with Gasteiger partial charge in [-0.1, -0.05) is 13.3 Å². The Labute approximate surface area is 83.5 Å². The smallest absolute Gasteiger partial charge is 0.328 e. The molecule has 4 heteroatoms. The zero-order valence-electron chi connectivity index (χ0n) is 8.82. The molecule has 0 unspecified atom stereocenters. The molecule has 0 aliphatic rings. The van der Waals surface area contributed by atoms with Gasteiger partial charge in [-0.05, 0) is 26.3 Å². The number of aryl methyl sites for hydroxylation is 2. The number of aromatic nitrogens is 2.